The van der Waals surface area contributed by atoms with Gasteiger partial charge in [0.25, 0.3) is 0 Å². The van der Waals surface area contributed by atoms with Gasteiger partial charge in [-0.3, -0.25) is 0 Å². The van der Waals surface area contributed by atoms with Gasteiger partial charge in [0, 0.05) is 27.4 Å². The Kier molecular flexibility index (Phi) is 7.38. The zero-order valence-electron chi connectivity index (χ0n) is 12.9. The lowest BCUT2D eigenvalue weighted by Gasteiger charge is -2.24. The van der Waals surface area contributed by atoms with Gasteiger partial charge < -0.3 is 22.8 Å². The van der Waals surface area contributed by atoms with Crippen molar-refractivity contribution in [2.24, 2.45) is 0 Å². The van der Waals surface area contributed by atoms with Crippen LogP contribution in [0.5, 0.6) is 5.75 Å². The van der Waals surface area contributed by atoms with E-state index >= 15 is 0 Å². The van der Waals surface area contributed by atoms with Crippen molar-refractivity contribution in [3.63, 3.8) is 0 Å². The van der Waals surface area contributed by atoms with Gasteiger partial charge >= 0.3 is 14.8 Å². The highest BCUT2D eigenvalue weighted by atomic mass is 28.4. The van der Waals surface area contributed by atoms with E-state index in [9.17, 15) is 4.79 Å². The summed E-state index contributed by atoms with van der Waals surface area (Å²) in [6, 6.07) is 7.48. The SMILES string of the molecule is COC(=O)c1ccc(OCCC[Si](OC)(OC)OC)cc1. The maximum atomic E-state index is 11.3. The Morgan fingerprint density at radius 3 is 2.05 bits per heavy atom. The third-order valence-corrected chi connectivity index (χ3v) is 5.94. The average molecular weight is 314 g/mol. The van der Waals surface area contributed by atoms with Gasteiger partial charge in [-0.15, -0.1) is 0 Å². The molecule has 0 saturated heterocycles. The Bertz CT molecular complexity index is 421. The first-order valence-electron chi connectivity index (χ1n) is 6.57. The molecular weight excluding hydrogens is 292 g/mol. The molecule has 0 spiro atoms. The molecule has 0 bridgehead atoms. The van der Waals surface area contributed by atoms with E-state index in [-0.39, 0.29) is 5.97 Å². The molecule has 0 aliphatic carbocycles. The number of rotatable bonds is 9. The highest BCUT2D eigenvalue weighted by Gasteiger charge is 2.36. The number of ether oxygens (including phenoxy) is 2. The van der Waals surface area contributed by atoms with Gasteiger partial charge in [-0.1, -0.05) is 0 Å². The number of benzene rings is 1. The molecule has 0 N–H and O–H groups in total. The summed E-state index contributed by atoms with van der Waals surface area (Å²) in [6.45, 7) is 0.516. The Morgan fingerprint density at radius 2 is 1.57 bits per heavy atom. The molecule has 0 saturated carbocycles. The molecule has 1 aromatic rings. The van der Waals surface area contributed by atoms with Crippen molar-refractivity contribution in [2.75, 3.05) is 35.0 Å². The standard InChI is InChI=1S/C14H22O6Si/c1-16-14(15)12-6-8-13(9-7-12)20-10-5-11-21(17-2,18-3)19-4/h6-9H,5,10-11H2,1-4H3. The van der Waals surface area contributed by atoms with E-state index < -0.39 is 8.80 Å². The Balaban J connectivity index is 2.41. The minimum Gasteiger partial charge on any atom is -0.494 e. The molecule has 0 aliphatic rings. The van der Waals surface area contributed by atoms with Gasteiger partial charge in [0.1, 0.15) is 5.75 Å². The molecule has 1 rings (SSSR count). The van der Waals surface area contributed by atoms with Crippen LogP contribution < -0.4 is 4.74 Å². The van der Waals surface area contributed by atoms with Gasteiger partial charge in [0.2, 0.25) is 0 Å². The summed E-state index contributed by atoms with van der Waals surface area (Å²) >= 11 is 0. The molecule has 118 valence electrons. The second kappa shape index (κ2) is 8.78. The molecular formula is C14H22O6Si. The van der Waals surface area contributed by atoms with Crippen molar-refractivity contribution in [3.8, 4) is 5.75 Å². The minimum absolute atomic E-state index is 0.363. The van der Waals surface area contributed by atoms with Crippen molar-refractivity contribution in [1.29, 1.82) is 0 Å². The third-order valence-electron chi connectivity index (χ3n) is 3.10. The van der Waals surface area contributed by atoms with Crippen molar-refractivity contribution in [1.82, 2.24) is 0 Å². The Morgan fingerprint density at radius 1 is 1.00 bits per heavy atom. The molecule has 0 atom stereocenters. The number of methoxy groups -OCH3 is 1. The van der Waals surface area contributed by atoms with Crippen LogP contribution in [0.2, 0.25) is 6.04 Å². The van der Waals surface area contributed by atoms with Crippen LogP contribution in [0.25, 0.3) is 0 Å². The summed E-state index contributed by atoms with van der Waals surface area (Å²) in [7, 11) is 3.59. The van der Waals surface area contributed by atoms with Crippen molar-refractivity contribution in [3.05, 3.63) is 29.8 Å². The molecule has 0 amide bonds. The van der Waals surface area contributed by atoms with Crippen molar-refractivity contribution in [2.45, 2.75) is 12.5 Å². The first kappa shape index (κ1) is 17.6. The fraction of sp³-hybridized carbons (Fsp3) is 0.500. The van der Waals surface area contributed by atoms with Crippen LogP contribution >= 0.6 is 0 Å². The summed E-state index contributed by atoms with van der Waals surface area (Å²) < 4.78 is 26.2. The predicted octanol–water partition coefficient (Wildman–Crippen LogP) is 2.12. The van der Waals surface area contributed by atoms with Crippen LogP contribution in [0, 0.1) is 0 Å². The molecule has 0 aromatic heterocycles. The van der Waals surface area contributed by atoms with E-state index in [1.807, 2.05) is 0 Å². The molecule has 1 aromatic carbocycles. The fourth-order valence-corrected chi connectivity index (χ4v) is 3.53. The lowest BCUT2D eigenvalue weighted by atomic mass is 10.2. The Labute approximate surface area is 126 Å². The molecule has 0 unspecified atom stereocenters. The average Bonchev–Trinajstić information content (AvgIpc) is 2.55. The smallest absolute Gasteiger partial charge is 0.494 e. The molecule has 0 fully saturated rings. The summed E-state index contributed by atoms with van der Waals surface area (Å²) in [4.78, 5) is 11.3. The summed E-state index contributed by atoms with van der Waals surface area (Å²) in [5.74, 6) is 0.333. The van der Waals surface area contributed by atoms with Gasteiger partial charge in [-0.2, -0.15) is 0 Å². The fourth-order valence-electron chi connectivity index (χ4n) is 1.84. The summed E-state index contributed by atoms with van der Waals surface area (Å²) in [5, 5.41) is 0. The van der Waals surface area contributed by atoms with Crippen molar-refractivity contribution < 1.29 is 27.5 Å². The Hall–Kier alpha value is -1.41. The van der Waals surface area contributed by atoms with E-state index in [0.29, 0.717) is 24.0 Å². The van der Waals surface area contributed by atoms with Gasteiger partial charge in [-0.05, 0) is 30.7 Å². The molecule has 21 heavy (non-hydrogen) atoms. The first-order chi connectivity index (χ1) is 10.1. The monoisotopic (exact) mass is 314 g/mol. The maximum Gasteiger partial charge on any atom is 0.500 e. The lowest BCUT2D eigenvalue weighted by Crippen LogP contribution is -2.42. The summed E-state index contributed by atoms with van der Waals surface area (Å²) in [6.07, 6.45) is 0.750. The quantitative estimate of drug-likeness (QED) is 0.395. The number of carbonyl (C=O) groups excluding carboxylic acids is 1. The van der Waals surface area contributed by atoms with Gasteiger partial charge in [0.15, 0.2) is 0 Å². The number of hydrogen-bond acceptors (Lipinski definition) is 6. The van der Waals surface area contributed by atoms with Crippen LogP contribution in [-0.4, -0.2) is 49.8 Å². The van der Waals surface area contributed by atoms with E-state index in [1.54, 1.807) is 45.6 Å². The van der Waals surface area contributed by atoms with Crippen LogP contribution in [0.1, 0.15) is 16.8 Å². The lowest BCUT2D eigenvalue weighted by molar-refractivity contribution is 0.0600. The first-order valence-corrected chi connectivity index (χ1v) is 8.50. The molecule has 0 aliphatic heterocycles. The zero-order chi connectivity index (χ0) is 15.7. The number of carbonyl (C=O) groups is 1. The van der Waals surface area contributed by atoms with Crippen LogP contribution in [0.3, 0.4) is 0 Å². The number of hydrogen-bond donors (Lipinski definition) is 0. The second-order valence-corrected chi connectivity index (χ2v) is 7.35. The zero-order valence-corrected chi connectivity index (χ0v) is 13.9. The minimum atomic E-state index is -2.53. The van der Waals surface area contributed by atoms with E-state index in [0.717, 1.165) is 6.42 Å². The van der Waals surface area contributed by atoms with Gasteiger partial charge in [0.05, 0.1) is 19.3 Å². The highest BCUT2D eigenvalue weighted by molar-refractivity contribution is 6.60. The van der Waals surface area contributed by atoms with Gasteiger partial charge in [-0.25, -0.2) is 4.79 Å². The molecule has 0 heterocycles. The third kappa shape index (κ3) is 5.13. The maximum absolute atomic E-state index is 11.3. The molecule has 0 radical (unpaired) electrons. The van der Waals surface area contributed by atoms with Crippen molar-refractivity contribution >= 4 is 14.8 Å². The number of esters is 1. The molecule has 7 heteroatoms. The second-order valence-electron chi connectivity index (χ2n) is 4.26. The highest BCUT2D eigenvalue weighted by Crippen LogP contribution is 2.17. The molecule has 6 nitrogen and oxygen atoms in total. The van der Waals surface area contributed by atoms with E-state index in [4.69, 9.17) is 18.0 Å². The topological polar surface area (TPSA) is 63.2 Å². The normalized spacial score (nSPS) is 11.2. The van der Waals surface area contributed by atoms with E-state index in [1.165, 1.54) is 7.11 Å². The van der Waals surface area contributed by atoms with Crippen LogP contribution in [-0.2, 0) is 18.0 Å². The predicted molar refractivity (Wildman–Crippen MR) is 79.5 cm³/mol. The largest absolute Gasteiger partial charge is 0.500 e. The van der Waals surface area contributed by atoms with E-state index in [2.05, 4.69) is 4.74 Å². The van der Waals surface area contributed by atoms with Crippen LogP contribution in [0.15, 0.2) is 24.3 Å². The summed E-state index contributed by atoms with van der Waals surface area (Å²) in [5.41, 5.74) is 0.495. The van der Waals surface area contributed by atoms with Crippen LogP contribution in [0.4, 0.5) is 0 Å².